The van der Waals surface area contributed by atoms with E-state index in [0.29, 0.717) is 35.2 Å². The van der Waals surface area contributed by atoms with Gasteiger partial charge < -0.3 is 10.2 Å². The second kappa shape index (κ2) is 7.43. The number of benzene rings is 1. The first-order valence-electron chi connectivity index (χ1n) is 11.0. The standard InChI is InChI=1S/C23H27FN4O3S/c1-22(7-8-22)32(30,31)27-16-5-6-17(21(29)26-20-4-2-3-19(24)25-20)18(15-16)28-13-11-23(9-10-23)12-14-28/h2-6,15,27H,7-14H2,1H3,(H,25,26,29). The fourth-order valence-electron chi connectivity index (χ4n) is 4.33. The van der Waals surface area contributed by atoms with Crippen molar-refractivity contribution >= 4 is 33.1 Å². The van der Waals surface area contributed by atoms with E-state index in [9.17, 15) is 17.6 Å². The minimum atomic E-state index is -3.50. The summed E-state index contributed by atoms with van der Waals surface area (Å²) < 4.78 is 40.8. The van der Waals surface area contributed by atoms with Crippen LogP contribution in [0.3, 0.4) is 0 Å². The Bertz CT molecular complexity index is 1170. The average Bonchev–Trinajstić information content (AvgIpc) is 3.67. The largest absolute Gasteiger partial charge is 0.371 e. The van der Waals surface area contributed by atoms with E-state index in [0.717, 1.165) is 25.9 Å². The summed E-state index contributed by atoms with van der Waals surface area (Å²) in [6, 6.07) is 9.18. The van der Waals surface area contributed by atoms with Crippen molar-refractivity contribution in [3.63, 3.8) is 0 Å². The van der Waals surface area contributed by atoms with Crippen LogP contribution in [0.2, 0.25) is 0 Å². The van der Waals surface area contributed by atoms with E-state index in [1.54, 1.807) is 25.1 Å². The maximum absolute atomic E-state index is 13.4. The number of carbonyl (C=O) groups excluding carboxylic acids is 1. The highest BCUT2D eigenvalue weighted by molar-refractivity contribution is 7.94. The van der Waals surface area contributed by atoms with Gasteiger partial charge in [-0.2, -0.15) is 4.39 Å². The average molecular weight is 459 g/mol. The number of halogens is 1. The van der Waals surface area contributed by atoms with Gasteiger partial charge in [0.15, 0.2) is 0 Å². The Morgan fingerprint density at radius 1 is 1.06 bits per heavy atom. The molecule has 32 heavy (non-hydrogen) atoms. The van der Waals surface area contributed by atoms with E-state index in [4.69, 9.17) is 0 Å². The highest BCUT2D eigenvalue weighted by Crippen LogP contribution is 2.54. The van der Waals surface area contributed by atoms with Gasteiger partial charge in [0.05, 0.1) is 21.7 Å². The van der Waals surface area contributed by atoms with Crippen molar-refractivity contribution in [3.05, 3.63) is 47.9 Å². The van der Waals surface area contributed by atoms with Crippen LogP contribution < -0.4 is 14.9 Å². The molecule has 170 valence electrons. The van der Waals surface area contributed by atoms with Crippen molar-refractivity contribution in [1.29, 1.82) is 0 Å². The molecule has 2 N–H and O–H groups in total. The number of hydrogen-bond donors (Lipinski definition) is 2. The van der Waals surface area contributed by atoms with Crippen LogP contribution in [-0.4, -0.2) is 37.1 Å². The molecule has 1 aromatic heterocycles. The van der Waals surface area contributed by atoms with Crippen molar-refractivity contribution in [2.24, 2.45) is 5.41 Å². The third-order valence-electron chi connectivity index (χ3n) is 7.18. The predicted molar refractivity (Wildman–Crippen MR) is 122 cm³/mol. The smallest absolute Gasteiger partial charge is 0.258 e. The predicted octanol–water partition coefficient (Wildman–Crippen LogP) is 4.15. The number of nitrogens with one attached hydrogen (secondary N) is 2. The first kappa shape index (κ1) is 21.2. The number of sulfonamides is 1. The molecule has 0 unspecified atom stereocenters. The molecule has 2 heterocycles. The number of piperidine rings is 1. The van der Waals surface area contributed by atoms with Crippen molar-refractivity contribution in [2.45, 2.75) is 50.2 Å². The van der Waals surface area contributed by atoms with E-state index in [2.05, 4.69) is 19.9 Å². The van der Waals surface area contributed by atoms with Gasteiger partial charge in [0, 0.05) is 13.1 Å². The van der Waals surface area contributed by atoms with Crippen molar-refractivity contribution in [3.8, 4) is 0 Å². The Hall–Kier alpha value is -2.68. The maximum Gasteiger partial charge on any atom is 0.258 e. The Balaban J connectivity index is 1.44. The van der Waals surface area contributed by atoms with Crippen molar-refractivity contribution < 1.29 is 17.6 Å². The Kier molecular flexibility index (Phi) is 4.92. The van der Waals surface area contributed by atoms with Crippen LogP contribution in [0.25, 0.3) is 0 Å². The molecule has 2 saturated carbocycles. The van der Waals surface area contributed by atoms with E-state index in [1.165, 1.54) is 31.0 Å². The summed E-state index contributed by atoms with van der Waals surface area (Å²) in [6.45, 7) is 3.36. The number of nitrogens with zero attached hydrogens (tertiary/aromatic N) is 2. The molecule has 0 atom stereocenters. The number of hydrogen-bond acceptors (Lipinski definition) is 5. The Morgan fingerprint density at radius 2 is 1.78 bits per heavy atom. The summed E-state index contributed by atoms with van der Waals surface area (Å²) in [5.74, 6) is -0.955. The molecule has 0 bridgehead atoms. The van der Waals surface area contributed by atoms with Gasteiger partial charge in [-0.25, -0.2) is 13.4 Å². The molecule has 1 amide bonds. The number of carbonyl (C=O) groups is 1. The maximum atomic E-state index is 13.4. The van der Waals surface area contributed by atoms with Gasteiger partial charge in [0.2, 0.25) is 16.0 Å². The lowest BCUT2D eigenvalue weighted by Crippen LogP contribution is -2.36. The summed E-state index contributed by atoms with van der Waals surface area (Å²) in [6.07, 6.45) is 5.94. The highest BCUT2D eigenvalue weighted by atomic mass is 32.2. The van der Waals surface area contributed by atoms with Gasteiger partial charge in [0.25, 0.3) is 5.91 Å². The summed E-state index contributed by atoms with van der Waals surface area (Å²) >= 11 is 0. The molecule has 1 aromatic carbocycles. The van der Waals surface area contributed by atoms with E-state index >= 15 is 0 Å². The molecule has 1 spiro atoms. The first-order chi connectivity index (χ1) is 15.2. The molecule has 9 heteroatoms. The van der Waals surface area contributed by atoms with Gasteiger partial charge in [-0.3, -0.25) is 9.52 Å². The van der Waals surface area contributed by atoms with Crippen LogP contribution >= 0.6 is 0 Å². The summed E-state index contributed by atoms with van der Waals surface area (Å²) in [5, 5.41) is 2.65. The molecule has 7 nitrogen and oxygen atoms in total. The quantitative estimate of drug-likeness (QED) is 0.635. The summed E-state index contributed by atoms with van der Waals surface area (Å²) in [7, 11) is -3.50. The van der Waals surface area contributed by atoms with Crippen LogP contribution in [0, 0.1) is 11.4 Å². The SMILES string of the molecule is CC1(S(=O)(=O)Nc2ccc(C(=O)Nc3cccc(F)n3)c(N3CCC4(CC3)CC4)c2)CC1. The molecule has 3 fully saturated rings. The molecular weight excluding hydrogens is 431 g/mol. The fourth-order valence-corrected chi connectivity index (χ4v) is 5.66. The number of aromatic nitrogens is 1. The highest BCUT2D eigenvalue weighted by Gasteiger charge is 2.50. The summed E-state index contributed by atoms with van der Waals surface area (Å²) in [5.41, 5.74) is 1.99. The zero-order valence-electron chi connectivity index (χ0n) is 18.0. The van der Waals surface area contributed by atoms with Crippen LogP contribution in [0.5, 0.6) is 0 Å². The minimum Gasteiger partial charge on any atom is -0.371 e. The lowest BCUT2D eigenvalue weighted by atomic mass is 9.93. The van der Waals surface area contributed by atoms with Gasteiger partial charge in [-0.05, 0) is 81.2 Å². The fraction of sp³-hybridized carbons (Fsp3) is 0.478. The van der Waals surface area contributed by atoms with Gasteiger partial charge in [-0.1, -0.05) is 6.07 Å². The molecule has 2 aromatic rings. The Labute approximate surface area is 187 Å². The molecule has 0 radical (unpaired) electrons. The first-order valence-corrected chi connectivity index (χ1v) is 12.5. The molecule has 5 rings (SSSR count). The van der Waals surface area contributed by atoms with E-state index < -0.39 is 26.6 Å². The third kappa shape index (κ3) is 4.05. The second-order valence-corrected chi connectivity index (χ2v) is 11.8. The van der Waals surface area contributed by atoms with Gasteiger partial charge >= 0.3 is 0 Å². The Morgan fingerprint density at radius 3 is 2.41 bits per heavy atom. The number of anilines is 3. The lowest BCUT2D eigenvalue weighted by Gasteiger charge is -2.35. The van der Waals surface area contributed by atoms with E-state index in [1.807, 2.05) is 0 Å². The number of amides is 1. The minimum absolute atomic E-state index is 0.128. The zero-order valence-corrected chi connectivity index (χ0v) is 18.8. The van der Waals surface area contributed by atoms with E-state index in [-0.39, 0.29) is 5.82 Å². The van der Waals surface area contributed by atoms with Crippen LogP contribution in [-0.2, 0) is 10.0 Å². The molecule has 1 aliphatic heterocycles. The number of rotatable bonds is 6. The molecule has 2 aliphatic carbocycles. The van der Waals surface area contributed by atoms with Crippen LogP contribution in [0.15, 0.2) is 36.4 Å². The normalized spacial score (nSPS) is 20.6. The van der Waals surface area contributed by atoms with Crippen LogP contribution in [0.4, 0.5) is 21.6 Å². The van der Waals surface area contributed by atoms with Crippen LogP contribution in [0.1, 0.15) is 55.8 Å². The lowest BCUT2D eigenvalue weighted by molar-refractivity contribution is 0.102. The third-order valence-corrected chi connectivity index (χ3v) is 9.39. The second-order valence-electron chi connectivity index (χ2n) is 9.57. The molecule has 3 aliphatic rings. The van der Waals surface area contributed by atoms with Crippen molar-refractivity contribution in [2.75, 3.05) is 28.0 Å². The summed E-state index contributed by atoms with van der Waals surface area (Å²) in [4.78, 5) is 18.9. The zero-order chi connectivity index (χ0) is 22.6. The van der Waals surface area contributed by atoms with Gasteiger partial charge in [0.1, 0.15) is 5.82 Å². The monoisotopic (exact) mass is 458 g/mol. The topological polar surface area (TPSA) is 91.4 Å². The molecular formula is C23H27FN4O3S. The molecule has 1 saturated heterocycles. The van der Waals surface area contributed by atoms with Gasteiger partial charge in [-0.15, -0.1) is 0 Å². The van der Waals surface area contributed by atoms with Crippen molar-refractivity contribution in [1.82, 2.24) is 4.98 Å². The number of pyridine rings is 1.